The predicted molar refractivity (Wildman–Crippen MR) is 107 cm³/mol. The summed E-state index contributed by atoms with van der Waals surface area (Å²) in [5.74, 6) is 0.157. The van der Waals surface area contributed by atoms with Crippen molar-refractivity contribution >= 4 is 24.2 Å². The van der Waals surface area contributed by atoms with E-state index in [1.54, 1.807) is 23.1 Å². The lowest BCUT2D eigenvalue weighted by Crippen LogP contribution is -2.47. The van der Waals surface area contributed by atoms with Gasteiger partial charge in [-0.3, -0.25) is 9.59 Å². The lowest BCUT2D eigenvalue weighted by atomic mass is 9.97. The van der Waals surface area contributed by atoms with Gasteiger partial charge in [0.05, 0.1) is 12.5 Å². The number of carbonyl (C=O) groups excluding carboxylic acids is 2. The molecule has 0 bridgehead atoms. The number of amides is 2. The first-order valence-corrected chi connectivity index (χ1v) is 9.84. The lowest BCUT2D eigenvalue weighted by Gasteiger charge is -2.33. The van der Waals surface area contributed by atoms with E-state index in [4.69, 9.17) is 0 Å². The van der Waals surface area contributed by atoms with Gasteiger partial charge in [-0.1, -0.05) is 18.2 Å². The first-order chi connectivity index (χ1) is 13.5. The van der Waals surface area contributed by atoms with E-state index in [0.717, 1.165) is 32.2 Å². The van der Waals surface area contributed by atoms with Crippen molar-refractivity contribution in [3.05, 3.63) is 29.8 Å². The van der Waals surface area contributed by atoms with Crippen molar-refractivity contribution < 1.29 is 23.1 Å². The average molecular weight is 432 g/mol. The summed E-state index contributed by atoms with van der Waals surface area (Å²) in [5, 5.41) is 6.17. The van der Waals surface area contributed by atoms with Crippen molar-refractivity contribution in [3.8, 4) is 5.75 Å². The third-order valence-corrected chi connectivity index (χ3v) is 5.34. The number of alkyl halides is 2. The minimum absolute atomic E-state index is 0. The van der Waals surface area contributed by atoms with E-state index >= 15 is 0 Å². The molecular formula is C20H28ClF2N3O3. The Morgan fingerprint density at radius 3 is 2.76 bits per heavy atom. The van der Waals surface area contributed by atoms with Gasteiger partial charge in [-0.25, -0.2) is 0 Å². The van der Waals surface area contributed by atoms with Gasteiger partial charge in [-0.15, -0.1) is 12.4 Å². The van der Waals surface area contributed by atoms with Crippen molar-refractivity contribution in [2.24, 2.45) is 5.92 Å². The van der Waals surface area contributed by atoms with E-state index in [1.165, 1.54) is 6.07 Å². The molecule has 0 saturated carbocycles. The molecule has 2 atom stereocenters. The number of halogens is 3. The Morgan fingerprint density at radius 2 is 2.03 bits per heavy atom. The summed E-state index contributed by atoms with van der Waals surface area (Å²) in [6.45, 7) is -0.291. The summed E-state index contributed by atoms with van der Waals surface area (Å²) >= 11 is 0. The van der Waals surface area contributed by atoms with Gasteiger partial charge in [-0.05, 0) is 44.2 Å². The van der Waals surface area contributed by atoms with Crippen molar-refractivity contribution in [1.29, 1.82) is 0 Å². The molecular weight excluding hydrogens is 404 g/mol. The molecule has 1 aromatic carbocycles. The van der Waals surface area contributed by atoms with Crippen molar-refractivity contribution in [2.75, 3.05) is 26.2 Å². The zero-order valence-corrected chi connectivity index (χ0v) is 17.1. The Morgan fingerprint density at radius 1 is 1.24 bits per heavy atom. The van der Waals surface area contributed by atoms with E-state index < -0.39 is 6.61 Å². The highest BCUT2D eigenvalue weighted by atomic mass is 35.5. The van der Waals surface area contributed by atoms with Crippen LogP contribution in [0.3, 0.4) is 0 Å². The van der Waals surface area contributed by atoms with Crippen LogP contribution in [0.5, 0.6) is 5.75 Å². The molecule has 162 valence electrons. The van der Waals surface area contributed by atoms with Crippen LogP contribution in [0, 0.1) is 5.92 Å². The van der Waals surface area contributed by atoms with E-state index in [0.29, 0.717) is 25.2 Å². The summed E-state index contributed by atoms with van der Waals surface area (Å²) in [5.41, 5.74) is 0.454. The highest BCUT2D eigenvalue weighted by Crippen LogP contribution is 2.23. The molecule has 0 spiro atoms. The molecule has 6 nitrogen and oxygen atoms in total. The molecule has 2 aliphatic rings. The van der Waals surface area contributed by atoms with E-state index in [2.05, 4.69) is 15.4 Å². The van der Waals surface area contributed by atoms with Crippen molar-refractivity contribution in [2.45, 2.75) is 44.8 Å². The summed E-state index contributed by atoms with van der Waals surface area (Å²) in [7, 11) is 0. The molecule has 1 aromatic rings. The first kappa shape index (κ1) is 23.3. The van der Waals surface area contributed by atoms with Gasteiger partial charge in [0.15, 0.2) is 0 Å². The van der Waals surface area contributed by atoms with Crippen LogP contribution in [0.25, 0.3) is 0 Å². The third-order valence-electron chi connectivity index (χ3n) is 5.34. The van der Waals surface area contributed by atoms with E-state index in [9.17, 15) is 18.4 Å². The fourth-order valence-electron chi connectivity index (χ4n) is 3.87. The molecule has 2 amide bonds. The maximum atomic E-state index is 12.7. The molecule has 2 aliphatic heterocycles. The zero-order chi connectivity index (χ0) is 19.9. The second-order valence-corrected chi connectivity index (χ2v) is 7.41. The maximum Gasteiger partial charge on any atom is 0.387 e. The predicted octanol–water partition coefficient (Wildman–Crippen LogP) is 2.36. The summed E-state index contributed by atoms with van der Waals surface area (Å²) < 4.78 is 29.6. The van der Waals surface area contributed by atoms with E-state index in [-0.39, 0.29) is 48.4 Å². The molecule has 0 aromatic heterocycles. The number of ether oxygens (including phenoxy) is 1. The van der Waals surface area contributed by atoms with Crippen molar-refractivity contribution in [1.82, 2.24) is 15.5 Å². The highest BCUT2D eigenvalue weighted by Gasteiger charge is 2.27. The topological polar surface area (TPSA) is 70.7 Å². The quantitative estimate of drug-likeness (QED) is 0.695. The zero-order valence-electron chi connectivity index (χ0n) is 16.2. The van der Waals surface area contributed by atoms with Gasteiger partial charge in [0.1, 0.15) is 5.75 Å². The molecule has 29 heavy (non-hydrogen) atoms. The smallest absolute Gasteiger partial charge is 0.387 e. The highest BCUT2D eigenvalue weighted by molar-refractivity contribution is 5.85. The molecule has 2 fully saturated rings. The molecule has 2 saturated heterocycles. The number of benzene rings is 1. The van der Waals surface area contributed by atoms with Gasteiger partial charge in [0.2, 0.25) is 11.8 Å². The number of likely N-dealkylation sites (tertiary alicyclic amines) is 1. The van der Waals surface area contributed by atoms with Crippen LogP contribution in [0.4, 0.5) is 8.78 Å². The SMILES string of the molecule is Cl.O=C(NCC1CCCN(C(=O)Cc2ccccc2OC(F)F)C1)C1CCCN1. The molecule has 3 rings (SSSR count). The minimum atomic E-state index is -2.92. The second-order valence-electron chi connectivity index (χ2n) is 7.41. The number of rotatable bonds is 7. The van der Waals surface area contributed by atoms with Gasteiger partial charge < -0.3 is 20.3 Å². The van der Waals surface area contributed by atoms with Crippen LogP contribution in [0.2, 0.25) is 0 Å². The van der Waals surface area contributed by atoms with Crippen LogP contribution in [-0.2, 0) is 16.0 Å². The molecule has 2 heterocycles. The third kappa shape index (κ3) is 6.82. The Hall–Kier alpha value is -1.93. The Bertz CT molecular complexity index is 687. The van der Waals surface area contributed by atoms with E-state index in [1.807, 2.05) is 0 Å². The summed E-state index contributed by atoms with van der Waals surface area (Å²) in [6.07, 6.45) is 3.71. The monoisotopic (exact) mass is 431 g/mol. The number of nitrogens with one attached hydrogen (secondary N) is 2. The fourth-order valence-corrected chi connectivity index (χ4v) is 3.87. The normalized spacial score (nSPS) is 21.6. The van der Waals surface area contributed by atoms with Gasteiger partial charge in [0.25, 0.3) is 0 Å². The Kier molecular flexibility index (Phi) is 9.10. The summed E-state index contributed by atoms with van der Waals surface area (Å²) in [6, 6.07) is 6.27. The van der Waals surface area contributed by atoms with Crippen LogP contribution in [0.1, 0.15) is 31.2 Å². The Labute approximate surface area is 175 Å². The Balaban J connectivity index is 0.00000300. The molecule has 2 N–H and O–H groups in total. The number of para-hydroxylation sites is 1. The van der Waals surface area contributed by atoms with Crippen LogP contribution in [-0.4, -0.2) is 55.5 Å². The lowest BCUT2D eigenvalue weighted by molar-refractivity contribution is -0.132. The fraction of sp³-hybridized carbons (Fsp3) is 0.600. The molecule has 0 radical (unpaired) electrons. The standard InChI is InChI=1S/C20H27F2N3O3.ClH/c21-20(22)28-17-8-2-1-6-15(17)11-18(26)25-10-4-5-14(13-25)12-24-19(27)16-7-3-9-23-16;/h1-2,6,8,14,16,20,23H,3-5,7,9-13H2,(H,24,27);1H. The van der Waals surface area contributed by atoms with Crippen LogP contribution < -0.4 is 15.4 Å². The number of hydrogen-bond acceptors (Lipinski definition) is 4. The second kappa shape index (κ2) is 11.3. The van der Waals surface area contributed by atoms with Crippen LogP contribution >= 0.6 is 12.4 Å². The van der Waals surface area contributed by atoms with Gasteiger partial charge >= 0.3 is 6.61 Å². The number of carbonyl (C=O) groups is 2. The van der Waals surface area contributed by atoms with Gasteiger partial charge in [0, 0.05) is 25.2 Å². The maximum absolute atomic E-state index is 12.7. The molecule has 2 unspecified atom stereocenters. The van der Waals surface area contributed by atoms with Crippen molar-refractivity contribution in [3.63, 3.8) is 0 Å². The van der Waals surface area contributed by atoms with Crippen LogP contribution in [0.15, 0.2) is 24.3 Å². The average Bonchev–Trinajstić information content (AvgIpc) is 3.22. The summed E-state index contributed by atoms with van der Waals surface area (Å²) in [4.78, 5) is 26.6. The number of piperidine rings is 1. The first-order valence-electron chi connectivity index (χ1n) is 9.84. The molecule has 0 aliphatic carbocycles. The largest absolute Gasteiger partial charge is 0.435 e. The van der Waals surface area contributed by atoms with Gasteiger partial charge in [-0.2, -0.15) is 8.78 Å². The molecule has 9 heteroatoms. The number of hydrogen-bond donors (Lipinski definition) is 2. The number of nitrogens with zero attached hydrogens (tertiary/aromatic N) is 1. The minimum Gasteiger partial charge on any atom is -0.435 e.